The fourth-order valence-corrected chi connectivity index (χ4v) is 4.63. The van der Waals surface area contributed by atoms with Crippen molar-refractivity contribution in [3.8, 4) is 0 Å². The van der Waals surface area contributed by atoms with E-state index in [1.54, 1.807) is 4.90 Å². The summed E-state index contributed by atoms with van der Waals surface area (Å²) >= 11 is 0. The van der Waals surface area contributed by atoms with Crippen LogP contribution in [0, 0.1) is 11.8 Å². The van der Waals surface area contributed by atoms with Crippen LogP contribution in [0.1, 0.15) is 44.3 Å². The Hall–Kier alpha value is -2.21. The molecule has 0 N–H and O–H groups in total. The molecule has 0 unspecified atom stereocenters. The number of imide groups is 1. The van der Waals surface area contributed by atoms with E-state index in [0.29, 0.717) is 13.1 Å². The molecule has 3 fully saturated rings. The predicted molar refractivity (Wildman–Crippen MR) is 98.5 cm³/mol. The molecule has 6 heteroatoms. The van der Waals surface area contributed by atoms with Gasteiger partial charge < -0.3 is 9.64 Å². The number of likely N-dealkylation sites (tertiary alicyclic amines) is 1. The van der Waals surface area contributed by atoms with E-state index in [4.69, 9.17) is 4.74 Å². The first-order valence-corrected chi connectivity index (χ1v) is 9.88. The number of amides is 3. The molecule has 27 heavy (non-hydrogen) atoms. The Labute approximate surface area is 159 Å². The average molecular weight is 370 g/mol. The normalized spacial score (nSPS) is 31.1. The summed E-state index contributed by atoms with van der Waals surface area (Å²) in [6, 6.07) is 9.83. The van der Waals surface area contributed by atoms with Crippen molar-refractivity contribution >= 4 is 17.7 Å². The number of benzene rings is 1. The third kappa shape index (κ3) is 3.50. The molecule has 3 aliphatic rings. The smallest absolute Gasteiger partial charge is 0.242 e. The van der Waals surface area contributed by atoms with E-state index < -0.39 is 0 Å². The fraction of sp³-hybridized carbons (Fsp3) is 0.571. The standard InChI is InChI=1S/C21H26N2O4/c1-14-11-22(12-18(27-14)15-7-3-2-4-8-15)19(24)13-23-20(25)16-9-5-6-10-17(16)21(23)26/h2-4,7-8,14,16-18H,5-6,9-13H2,1H3/t14-,16-,17+,18-/m1/s1. The average Bonchev–Trinajstić information content (AvgIpc) is 2.93. The van der Waals surface area contributed by atoms with E-state index in [0.717, 1.165) is 31.2 Å². The Morgan fingerprint density at radius 3 is 2.30 bits per heavy atom. The first kappa shape index (κ1) is 18.2. The summed E-state index contributed by atoms with van der Waals surface area (Å²) in [6.07, 6.45) is 3.23. The fourth-order valence-electron chi connectivity index (χ4n) is 4.63. The predicted octanol–water partition coefficient (Wildman–Crippen LogP) is 2.15. The van der Waals surface area contributed by atoms with Gasteiger partial charge in [0.2, 0.25) is 17.7 Å². The molecule has 0 bridgehead atoms. The molecular weight excluding hydrogens is 344 g/mol. The Kier molecular flexibility index (Phi) is 5.00. The molecule has 0 aromatic heterocycles. The van der Waals surface area contributed by atoms with Gasteiger partial charge in [0, 0.05) is 6.54 Å². The van der Waals surface area contributed by atoms with Gasteiger partial charge in [-0.05, 0) is 25.3 Å². The number of carbonyl (C=O) groups excluding carboxylic acids is 3. The zero-order valence-corrected chi connectivity index (χ0v) is 15.7. The molecule has 1 aliphatic carbocycles. The van der Waals surface area contributed by atoms with Crippen LogP contribution in [0.5, 0.6) is 0 Å². The zero-order chi connectivity index (χ0) is 19.0. The molecule has 0 spiro atoms. The maximum Gasteiger partial charge on any atom is 0.242 e. The Morgan fingerprint density at radius 2 is 1.67 bits per heavy atom. The number of hydrogen-bond donors (Lipinski definition) is 0. The lowest BCUT2D eigenvalue weighted by atomic mass is 9.81. The number of carbonyl (C=O) groups is 3. The van der Waals surface area contributed by atoms with Crippen molar-refractivity contribution in [3.63, 3.8) is 0 Å². The number of fused-ring (bicyclic) bond motifs is 1. The Balaban J connectivity index is 1.44. The lowest BCUT2D eigenvalue weighted by Crippen LogP contribution is -2.50. The highest BCUT2D eigenvalue weighted by atomic mass is 16.5. The molecule has 3 amide bonds. The summed E-state index contributed by atoms with van der Waals surface area (Å²) < 4.78 is 6.00. The van der Waals surface area contributed by atoms with Gasteiger partial charge in [-0.1, -0.05) is 43.2 Å². The lowest BCUT2D eigenvalue weighted by Gasteiger charge is -2.37. The van der Waals surface area contributed by atoms with Gasteiger partial charge in [0.1, 0.15) is 12.6 Å². The second-order valence-electron chi connectivity index (χ2n) is 7.90. The van der Waals surface area contributed by atoms with Crippen LogP contribution in [0.3, 0.4) is 0 Å². The molecule has 1 aromatic rings. The quantitative estimate of drug-likeness (QED) is 0.765. The summed E-state index contributed by atoms with van der Waals surface area (Å²) in [4.78, 5) is 41.1. The second-order valence-corrected chi connectivity index (χ2v) is 7.90. The molecule has 4 atom stereocenters. The summed E-state index contributed by atoms with van der Waals surface area (Å²) in [5.41, 5.74) is 1.03. The van der Waals surface area contributed by atoms with Crippen LogP contribution in [-0.4, -0.2) is 53.3 Å². The van der Waals surface area contributed by atoms with Crippen LogP contribution in [-0.2, 0) is 19.1 Å². The minimum absolute atomic E-state index is 0.0968. The summed E-state index contributed by atoms with van der Waals surface area (Å²) in [7, 11) is 0. The van der Waals surface area contributed by atoms with Gasteiger partial charge in [-0.15, -0.1) is 0 Å². The SMILES string of the molecule is C[C@@H]1CN(C(=O)CN2C(=O)[C@H]3CCCC[C@H]3C2=O)C[C@H](c2ccccc2)O1. The van der Waals surface area contributed by atoms with E-state index >= 15 is 0 Å². The molecule has 1 saturated carbocycles. The van der Waals surface area contributed by atoms with E-state index in [-0.39, 0.29) is 48.3 Å². The topological polar surface area (TPSA) is 66.9 Å². The third-order valence-electron chi connectivity index (χ3n) is 6.01. The van der Waals surface area contributed by atoms with Gasteiger partial charge in [-0.3, -0.25) is 19.3 Å². The number of ether oxygens (including phenoxy) is 1. The van der Waals surface area contributed by atoms with Gasteiger partial charge in [-0.25, -0.2) is 0 Å². The van der Waals surface area contributed by atoms with Gasteiger partial charge in [0.25, 0.3) is 0 Å². The largest absolute Gasteiger partial charge is 0.367 e. The molecule has 4 rings (SSSR count). The van der Waals surface area contributed by atoms with Crippen molar-refractivity contribution in [1.82, 2.24) is 9.80 Å². The highest BCUT2D eigenvalue weighted by molar-refractivity contribution is 6.07. The van der Waals surface area contributed by atoms with Crippen molar-refractivity contribution in [2.45, 2.75) is 44.8 Å². The maximum absolute atomic E-state index is 12.9. The number of hydrogen-bond acceptors (Lipinski definition) is 4. The van der Waals surface area contributed by atoms with E-state index in [9.17, 15) is 14.4 Å². The summed E-state index contributed by atoms with van der Waals surface area (Å²) in [5, 5.41) is 0. The van der Waals surface area contributed by atoms with E-state index in [1.165, 1.54) is 4.90 Å². The van der Waals surface area contributed by atoms with Gasteiger partial charge >= 0.3 is 0 Å². The highest BCUT2D eigenvalue weighted by Gasteiger charge is 2.49. The minimum atomic E-state index is -0.209. The number of nitrogens with zero attached hydrogens (tertiary/aromatic N) is 2. The van der Waals surface area contributed by atoms with E-state index in [2.05, 4.69) is 0 Å². The zero-order valence-electron chi connectivity index (χ0n) is 15.7. The third-order valence-corrected chi connectivity index (χ3v) is 6.01. The molecule has 0 radical (unpaired) electrons. The van der Waals surface area contributed by atoms with Crippen molar-refractivity contribution in [2.24, 2.45) is 11.8 Å². The van der Waals surface area contributed by atoms with Crippen LogP contribution >= 0.6 is 0 Å². The van der Waals surface area contributed by atoms with Crippen molar-refractivity contribution in [1.29, 1.82) is 0 Å². The van der Waals surface area contributed by atoms with Crippen LogP contribution in [0.25, 0.3) is 0 Å². The van der Waals surface area contributed by atoms with Crippen molar-refractivity contribution in [3.05, 3.63) is 35.9 Å². The van der Waals surface area contributed by atoms with Gasteiger partial charge in [-0.2, -0.15) is 0 Å². The Bertz CT molecular complexity index is 711. The van der Waals surface area contributed by atoms with Crippen LogP contribution in [0.2, 0.25) is 0 Å². The molecule has 2 saturated heterocycles. The lowest BCUT2D eigenvalue weighted by molar-refractivity contribution is -0.152. The highest BCUT2D eigenvalue weighted by Crippen LogP contribution is 2.38. The van der Waals surface area contributed by atoms with Crippen LogP contribution in [0.15, 0.2) is 30.3 Å². The molecule has 2 aliphatic heterocycles. The second kappa shape index (κ2) is 7.43. The molecular formula is C21H26N2O4. The summed E-state index contributed by atoms with van der Waals surface area (Å²) in [6.45, 7) is 2.72. The van der Waals surface area contributed by atoms with Crippen LogP contribution in [0.4, 0.5) is 0 Å². The summed E-state index contributed by atoms with van der Waals surface area (Å²) in [5.74, 6) is -0.899. The van der Waals surface area contributed by atoms with Crippen molar-refractivity contribution in [2.75, 3.05) is 19.6 Å². The molecule has 144 valence electrons. The number of rotatable bonds is 3. The van der Waals surface area contributed by atoms with Crippen LogP contribution < -0.4 is 0 Å². The first-order valence-electron chi connectivity index (χ1n) is 9.88. The molecule has 1 aromatic carbocycles. The molecule has 2 heterocycles. The Morgan fingerprint density at radius 1 is 1.04 bits per heavy atom. The first-order chi connectivity index (χ1) is 13.0. The van der Waals surface area contributed by atoms with Crippen molar-refractivity contribution < 1.29 is 19.1 Å². The van der Waals surface area contributed by atoms with Gasteiger partial charge in [0.05, 0.1) is 24.5 Å². The van der Waals surface area contributed by atoms with Gasteiger partial charge in [0.15, 0.2) is 0 Å². The number of morpholine rings is 1. The van der Waals surface area contributed by atoms with E-state index in [1.807, 2.05) is 37.3 Å². The molecule has 6 nitrogen and oxygen atoms in total. The maximum atomic E-state index is 12.9. The minimum Gasteiger partial charge on any atom is -0.367 e. The monoisotopic (exact) mass is 370 g/mol.